The minimum absolute atomic E-state index is 0.115. The summed E-state index contributed by atoms with van der Waals surface area (Å²) < 4.78 is 0. The lowest BCUT2D eigenvalue weighted by molar-refractivity contribution is -0.116. The van der Waals surface area contributed by atoms with Crippen LogP contribution in [0.1, 0.15) is 22.8 Å². The second kappa shape index (κ2) is 6.06. The molecule has 0 saturated heterocycles. The molecule has 0 aliphatic carbocycles. The second-order valence-electron chi connectivity index (χ2n) is 4.50. The number of amides is 2. The molecule has 5 heteroatoms. The Labute approximate surface area is 117 Å². The van der Waals surface area contributed by atoms with E-state index in [2.05, 4.69) is 10.3 Å². The number of hydrogen-bond acceptors (Lipinski definition) is 2. The van der Waals surface area contributed by atoms with Crippen LogP contribution in [0, 0.1) is 0 Å². The number of rotatable bonds is 4. The fourth-order valence-corrected chi connectivity index (χ4v) is 1.87. The first-order chi connectivity index (χ1) is 9.59. The van der Waals surface area contributed by atoms with Crippen LogP contribution in [0.2, 0.25) is 0 Å². The van der Waals surface area contributed by atoms with Crippen LogP contribution in [0.25, 0.3) is 0 Å². The number of benzene rings is 1. The van der Waals surface area contributed by atoms with Gasteiger partial charge in [-0.1, -0.05) is 12.1 Å². The summed E-state index contributed by atoms with van der Waals surface area (Å²) in [4.78, 5) is 28.1. The molecule has 0 aliphatic rings. The van der Waals surface area contributed by atoms with Crippen molar-refractivity contribution in [2.24, 2.45) is 0 Å². The number of aromatic nitrogens is 1. The van der Waals surface area contributed by atoms with E-state index in [0.29, 0.717) is 17.8 Å². The lowest BCUT2D eigenvalue weighted by atomic mass is 10.1. The summed E-state index contributed by atoms with van der Waals surface area (Å²) in [5.41, 5.74) is 2.09. The quantitative estimate of drug-likeness (QED) is 0.892. The van der Waals surface area contributed by atoms with Crippen LogP contribution in [-0.2, 0) is 11.3 Å². The molecule has 2 rings (SSSR count). The number of nitrogens with one attached hydrogen (secondary N) is 2. The van der Waals surface area contributed by atoms with Gasteiger partial charge in [0.05, 0.1) is 11.3 Å². The minimum atomic E-state index is -0.199. The van der Waals surface area contributed by atoms with Gasteiger partial charge in [0.2, 0.25) is 5.91 Å². The van der Waals surface area contributed by atoms with Gasteiger partial charge in [-0.15, -0.1) is 0 Å². The van der Waals surface area contributed by atoms with Gasteiger partial charge in [0, 0.05) is 32.9 Å². The zero-order valence-corrected chi connectivity index (χ0v) is 11.5. The number of nitrogens with zero attached hydrogens (tertiary/aromatic N) is 1. The van der Waals surface area contributed by atoms with Crippen molar-refractivity contribution in [1.82, 2.24) is 10.3 Å². The third-order valence-corrected chi connectivity index (χ3v) is 3.10. The first kappa shape index (κ1) is 13.9. The van der Waals surface area contributed by atoms with Crippen LogP contribution in [0.4, 0.5) is 5.69 Å². The number of para-hydroxylation sites is 1. The predicted octanol–water partition coefficient (Wildman–Crippen LogP) is 1.93. The Morgan fingerprint density at radius 1 is 1.25 bits per heavy atom. The Bertz CT molecular complexity index is 605. The topological polar surface area (TPSA) is 65.2 Å². The van der Waals surface area contributed by atoms with Crippen molar-refractivity contribution in [3.8, 4) is 0 Å². The highest BCUT2D eigenvalue weighted by Crippen LogP contribution is 2.19. The maximum atomic E-state index is 12.2. The molecule has 2 aromatic rings. The average Bonchev–Trinajstić information content (AvgIpc) is 2.97. The summed E-state index contributed by atoms with van der Waals surface area (Å²) in [6.45, 7) is 1.91. The Morgan fingerprint density at radius 2 is 2.00 bits per heavy atom. The van der Waals surface area contributed by atoms with Gasteiger partial charge in [-0.3, -0.25) is 9.59 Å². The first-order valence-corrected chi connectivity index (χ1v) is 6.33. The van der Waals surface area contributed by atoms with Crippen LogP contribution < -0.4 is 10.2 Å². The van der Waals surface area contributed by atoms with E-state index in [1.54, 1.807) is 37.5 Å². The smallest absolute Gasteiger partial charge is 0.253 e. The monoisotopic (exact) mass is 271 g/mol. The largest absolute Gasteiger partial charge is 0.367 e. The molecule has 0 bridgehead atoms. The minimum Gasteiger partial charge on any atom is -0.367 e. The fraction of sp³-hybridized carbons (Fsp3) is 0.200. The van der Waals surface area contributed by atoms with E-state index in [1.165, 1.54) is 11.8 Å². The van der Waals surface area contributed by atoms with Gasteiger partial charge in [0.25, 0.3) is 5.91 Å². The van der Waals surface area contributed by atoms with Gasteiger partial charge in [0.15, 0.2) is 0 Å². The van der Waals surface area contributed by atoms with Crippen molar-refractivity contribution in [3.63, 3.8) is 0 Å². The maximum absolute atomic E-state index is 12.2. The molecule has 0 unspecified atom stereocenters. The van der Waals surface area contributed by atoms with Gasteiger partial charge >= 0.3 is 0 Å². The van der Waals surface area contributed by atoms with Gasteiger partial charge in [0.1, 0.15) is 0 Å². The van der Waals surface area contributed by atoms with Crippen LogP contribution in [-0.4, -0.2) is 23.8 Å². The molecule has 0 atom stereocenters. The normalized spacial score (nSPS) is 10.1. The third-order valence-electron chi connectivity index (χ3n) is 3.10. The SMILES string of the molecule is CC(=O)N(C)c1ccccc1C(=O)NCc1cc[nH]c1. The van der Waals surface area contributed by atoms with Gasteiger partial charge in [-0.25, -0.2) is 0 Å². The maximum Gasteiger partial charge on any atom is 0.253 e. The molecule has 1 aromatic carbocycles. The van der Waals surface area contributed by atoms with E-state index in [4.69, 9.17) is 0 Å². The Kier molecular flexibility index (Phi) is 4.20. The Hall–Kier alpha value is -2.56. The second-order valence-corrected chi connectivity index (χ2v) is 4.50. The highest BCUT2D eigenvalue weighted by atomic mass is 16.2. The molecule has 0 aliphatic heterocycles. The Balaban J connectivity index is 2.15. The van der Waals surface area contributed by atoms with Crippen molar-refractivity contribution >= 4 is 17.5 Å². The van der Waals surface area contributed by atoms with Crippen LogP contribution in [0.15, 0.2) is 42.7 Å². The molecule has 1 heterocycles. The van der Waals surface area contributed by atoms with Crippen molar-refractivity contribution in [2.45, 2.75) is 13.5 Å². The van der Waals surface area contributed by atoms with Crippen LogP contribution in [0.3, 0.4) is 0 Å². The lowest BCUT2D eigenvalue weighted by Crippen LogP contribution is -2.28. The van der Waals surface area contributed by atoms with Gasteiger partial charge in [-0.05, 0) is 23.8 Å². The molecule has 2 amide bonds. The standard InChI is InChI=1S/C15H17N3O2/c1-11(19)18(2)14-6-4-3-5-13(14)15(20)17-10-12-7-8-16-9-12/h3-9,16H,10H2,1-2H3,(H,17,20). The molecule has 0 saturated carbocycles. The van der Waals surface area contributed by atoms with E-state index in [-0.39, 0.29) is 11.8 Å². The molecule has 1 aromatic heterocycles. The fourth-order valence-electron chi connectivity index (χ4n) is 1.87. The number of hydrogen-bond donors (Lipinski definition) is 2. The molecule has 104 valence electrons. The van der Waals surface area contributed by atoms with E-state index in [9.17, 15) is 9.59 Å². The average molecular weight is 271 g/mol. The lowest BCUT2D eigenvalue weighted by Gasteiger charge is -2.18. The molecule has 20 heavy (non-hydrogen) atoms. The number of carbonyl (C=O) groups is 2. The van der Waals surface area contributed by atoms with Crippen molar-refractivity contribution in [2.75, 3.05) is 11.9 Å². The molecule has 0 radical (unpaired) electrons. The van der Waals surface area contributed by atoms with Gasteiger partial charge < -0.3 is 15.2 Å². The molecular formula is C15H17N3O2. The number of anilines is 1. The van der Waals surface area contributed by atoms with E-state index >= 15 is 0 Å². The predicted molar refractivity (Wildman–Crippen MR) is 77.5 cm³/mol. The molecule has 0 fully saturated rings. The third kappa shape index (κ3) is 3.06. The first-order valence-electron chi connectivity index (χ1n) is 6.33. The van der Waals surface area contributed by atoms with Crippen molar-refractivity contribution < 1.29 is 9.59 Å². The molecule has 0 spiro atoms. The molecule has 5 nitrogen and oxygen atoms in total. The van der Waals surface area contributed by atoms with Crippen LogP contribution >= 0.6 is 0 Å². The summed E-state index contributed by atoms with van der Waals surface area (Å²) >= 11 is 0. The van der Waals surface area contributed by atoms with Crippen molar-refractivity contribution in [3.05, 3.63) is 53.9 Å². The zero-order valence-electron chi connectivity index (χ0n) is 11.5. The zero-order chi connectivity index (χ0) is 14.5. The van der Waals surface area contributed by atoms with Crippen LogP contribution in [0.5, 0.6) is 0 Å². The van der Waals surface area contributed by atoms with E-state index < -0.39 is 0 Å². The number of aromatic amines is 1. The number of carbonyl (C=O) groups excluding carboxylic acids is 2. The number of H-pyrrole nitrogens is 1. The Morgan fingerprint density at radius 3 is 2.65 bits per heavy atom. The molecular weight excluding hydrogens is 254 g/mol. The summed E-state index contributed by atoms with van der Waals surface area (Å²) in [7, 11) is 1.65. The summed E-state index contributed by atoms with van der Waals surface area (Å²) in [5, 5.41) is 2.84. The van der Waals surface area contributed by atoms with Gasteiger partial charge in [-0.2, -0.15) is 0 Å². The van der Waals surface area contributed by atoms with E-state index in [0.717, 1.165) is 5.56 Å². The summed E-state index contributed by atoms with van der Waals surface area (Å²) in [6, 6.07) is 8.95. The summed E-state index contributed by atoms with van der Waals surface area (Å²) in [6.07, 6.45) is 3.63. The highest BCUT2D eigenvalue weighted by Gasteiger charge is 2.15. The highest BCUT2D eigenvalue weighted by molar-refractivity contribution is 6.04. The summed E-state index contributed by atoms with van der Waals surface area (Å²) in [5.74, 6) is -0.314. The van der Waals surface area contributed by atoms with Crippen molar-refractivity contribution in [1.29, 1.82) is 0 Å². The van der Waals surface area contributed by atoms with E-state index in [1.807, 2.05) is 12.3 Å². The molecule has 2 N–H and O–H groups in total.